The van der Waals surface area contributed by atoms with Crippen LogP contribution in [0.5, 0.6) is 0 Å². The van der Waals surface area contributed by atoms with Crippen molar-refractivity contribution < 1.29 is 4.79 Å². The number of nitrogens with one attached hydrogen (secondary N) is 1. The van der Waals surface area contributed by atoms with Gasteiger partial charge in [0.2, 0.25) is 0 Å². The van der Waals surface area contributed by atoms with E-state index in [1.165, 1.54) is 43.2 Å². The summed E-state index contributed by atoms with van der Waals surface area (Å²) in [5.41, 5.74) is 2.89. The quantitative estimate of drug-likeness (QED) is 0.380. The molecule has 1 atom stereocenters. The van der Waals surface area contributed by atoms with Gasteiger partial charge in [-0.05, 0) is 69.4 Å². The van der Waals surface area contributed by atoms with Gasteiger partial charge in [-0.2, -0.15) is 0 Å². The lowest BCUT2D eigenvalue weighted by Crippen LogP contribution is -2.40. The van der Waals surface area contributed by atoms with Crippen LogP contribution in [0.25, 0.3) is 0 Å². The lowest BCUT2D eigenvalue weighted by molar-refractivity contribution is -0.119. The summed E-state index contributed by atoms with van der Waals surface area (Å²) in [4.78, 5) is 11.3. The molecule has 0 bridgehead atoms. The van der Waals surface area contributed by atoms with Crippen LogP contribution >= 0.6 is 0 Å². The Morgan fingerprint density at radius 2 is 1.46 bits per heavy atom. The molecule has 0 saturated carbocycles. The second kappa shape index (κ2) is 15.7. The zero-order chi connectivity index (χ0) is 21.5. The van der Waals surface area contributed by atoms with Gasteiger partial charge in [0.15, 0.2) is 0 Å². The summed E-state index contributed by atoms with van der Waals surface area (Å²) in [6, 6.07) is 9.10. The maximum absolute atomic E-state index is 11.3. The molecule has 0 saturated heterocycles. The van der Waals surface area contributed by atoms with Gasteiger partial charge >= 0.3 is 0 Å². The molecule has 1 N–H and O–H groups in total. The molecular formula is C26H47NO. The highest BCUT2D eigenvalue weighted by atomic mass is 16.1. The number of Topliss-reactive ketones (excluding diaryl/α,β-unsaturated/α-hetero) is 1. The summed E-state index contributed by atoms with van der Waals surface area (Å²) in [5, 5.41) is 3.32. The second-order valence-electron chi connectivity index (χ2n) is 9.01. The van der Waals surface area contributed by atoms with E-state index in [4.69, 9.17) is 0 Å². The maximum Gasteiger partial charge on any atom is 0.146 e. The fourth-order valence-electron chi connectivity index (χ4n) is 3.63. The molecular weight excluding hydrogens is 342 g/mol. The number of aryl methyl sites for hydroxylation is 1. The van der Waals surface area contributed by atoms with Crippen molar-refractivity contribution in [3.63, 3.8) is 0 Å². The first-order valence-electron chi connectivity index (χ1n) is 11.5. The third-order valence-electron chi connectivity index (χ3n) is 5.25. The maximum atomic E-state index is 11.3. The van der Waals surface area contributed by atoms with E-state index in [1.807, 2.05) is 0 Å². The summed E-state index contributed by atoms with van der Waals surface area (Å²) in [6.07, 6.45) is 7.63. The molecule has 0 radical (unpaired) electrons. The van der Waals surface area contributed by atoms with Gasteiger partial charge in [0.05, 0.1) is 6.04 Å². The standard InChI is InChI=1S/C14H22.C12H25NO/c1-4-6-13(7-5-2)14-10-8-12(3)9-11-14;1-9(2)7-6-8-13-12(10(3)4)11(5)14/h8-11,13H,4-7H2,1-3H3;9-10,12-13H,6-8H2,1-5H3. The van der Waals surface area contributed by atoms with Crippen LogP contribution in [0.1, 0.15) is 104 Å². The smallest absolute Gasteiger partial charge is 0.146 e. The molecule has 0 aliphatic rings. The lowest BCUT2D eigenvalue weighted by Gasteiger charge is -2.19. The number of hydrogen-bond acceptors (Lipinski definition) is 2. The molecule has 162 valence electrons. The van der Waals surface area contributed by atoms with Crippen LogP contribution in [0.3, 0.4) is 0 Å². The van der Waals surface area contributed by atoms with Crippen molar-refractivity contribution in [2.45, 2.75) is 106 Å². The molecule has 2 nitrogen and oxygen atoms in total. The Morgan fingerprint density at radius 1 is 0.929 bits per heavy atom. The van der Waals surface area contributed by atoms with Crippen LogP contribution < -0.4 is 5.32 Å². The predicted octanol–water partition coefficient (Wildman–Crippen LogP) is 7.30. The largest absolute Gasteiger partial charge is 0.307 e. The average Bonchev–Trinajstić information content (AvgIpc) is 2.61. The first-order chi connectivity index (χ1) is 13.2. The molecule has 1 aromatic carbocycles. The van der Waals surface area contributed by atoms with E-state index in [9.17, 15) is 4.79 Å². The average molecular weight is 390 g/mol. The van der Waals surface area contributed by atoms with Gasteiger partial charge in [-0.1, -0.05) is 84.2 Å². The molecule has 0 spiro atoms. The molecule has 0 aromatic heterocycles. The highest BCUT2D eigenvalue weighted by Crippen LogP contribution is 2.26. The zero-order valence-corrected chi connectivity index (χ0v) is 20.0. The summed E-state index contributed by atoms with van der Waals surface area (Å²) >= 11 is 0. The number of ketones is 1. The molecule has 0 aliphatic carbocycles. The lowest BCUT2D eigenvalue weighted by atomic mass is 9.90. The van der Waals surface area contributed by atoms with Crippen molar-refractivity contribution in [2.24, 2.45) is 11.8 Å². The van der Waals surface area contributed by atoms with E-state index in [1.54, 1.807) is 6.92 Å². The minimum atomic E-state index is 0.0437. The summed E-state index contributed by atoms with van der Waals surface area (Å²) in [6.45, 7) is 18.0. The number of carbonyl (C=O) groups excluding carboxylic acids is 1. The normalized spacial score (nSPS) is 12.2. The van der Waals surface area contributed by atoms with Gasteiger partial charge in [0.1, 0.15) is 5.78 Å². The van der Waals surface area contributed by atoms with Crippen molar-refractivity contribution in [3.05, 3.63) is 35.4 Å². The van der Waals surface area contributed by atoms with Gasteiger partial charge in [-0.15, -0.1) is 0 Å². The van der Waals surface area contributed by atoms with E-state index < -0.39 is 0 Å². The topological polar surface area (TPSA) is 29.1 Å². The Kier molecular flexibility index (Phi) is 15.1. The monoisotopic (exact) mass is 389 g/mol. The fourth-order valence-corrected chi connectivity index (χ4v) is 3.63. The predicted molar refractivity (Wildman–Crippen MR) is 125 cm³/mol. The minimum Gasteiger partial charge on any atom is -0.307 e. The number of hydrogen-bond donors (Lipinski definition) is 1. The van der Waals surface area contributed by atoms with Gasteiger partial charge in [0, 0.05) is 0 Å². The fraction of sp³-hybridized carbons (Fsp3) is 0.731. The van der Waals surface area contributed by atoms with Crippen LogP contribution in [0.2, 0.25) is 0 Å². The molecule has 0 aliphatic heterocycles. The van der Waals surface area contributed by atoms with Gasteiger partial charge < -0.3 is 5.32 Å². The summed E-state index contributed by atoms with van der Waals surface area (Å²) < 4.78 is 0. The van der Waals surface area contributed by atoms with Gasteiger partial charge in [-0.3, -0.25) is 4.79 Å². The number of carbonyl (C=O) groups is 1. The van der Waals surface area contributed by atoms with E-state index in [0.717, 1.165) is 24.8 Å². The third kappa shape index (κ3) is 12.3. The summed E-state index contributed by atoms with van der Waals surface area (Å²) in [7, 11) is 0. The van der Waals surface area contributed by atoms with E-state index >= 15 is 0 Å². The first kappa shape index (κ1) is 26.9. The van der Waals surface area contributed by atoms with Crippen LogP contribution in [0, 0.1) is 18.8 Å². The Labute approximate surface area is 175 Å². The molecule has 1 unspecified atom stereocenters. The second-order valence-corrected chi connectivity index (χ2v) is 9.01. The Morgan fingerprint density at radius 3 is 1.86 bits per heavy atom. The Bertz CT molecular complexity index is 498. The number of benzene rings is 1. The van der Waals surface area contributed by atoms with Crippen LogP contribution in [-0.4, -0.2) is 18.4 Å². The van der Waals surface area contributed by atoms with Crippen molar-refractivity contribution in [1.82, 2.24) is 5.32 Å². The van der Waals surface area contributed by atoms with Gasteiger partial charge in [0.25, 0.3) is 0 Å². The molecule has 0 fully saturated rings. The SMILES string of the molecule is CC(=O)C(NCCCC(C)C)C(C)C.CCCC(CCC)c1ccc(C)cc1. The van der Waals surface area contributed by atoms with Crippen LogP contribution in [-0.2, 0) is 4.79 Å². The molecule has 1 aromatic rings. The van der Waals surface area contributed by atoms with Crippen LogP contribution in [0.4, 0.5) is 0 Å². The molecule has 28 heavy (non-hydrogen) atoms. The summed E-state index contributed by atoms with van der Waals surface area (Å²) in [5.74, 6) is 2.19. The van der Waals surface area contributed by atoms with Crippen molar-refractivity contribution in [3.8, 4) is 0 Å². The highest BCUT2D eigenvalue weighted by Gasteiger charge is 2.16. The molecule has 2 heteroatoms. The highest BCUT2D eigenvalue weighted by molar-refractivity contribution is 5.81. The third-order valence-corrected chi connectivity index (χ3v) is 5.25. The Balaban J connectivity index is 0.000000521. The Hall–Kier alpha value is -1.15. The van der Waals surface area contributed by atoms with Crippen LogP contribution in [0.15, 0.2) is 24.3 Å². The minimum absolute atomic E-state index is 0.0437. The zero-order valence-electron chi connectivity index (χ0n) is 20.0. The van der Waals surface area contributed by atoms with Crippen molar-refractivity contribution in [1.29, 1.82) is 0 Å². The molecule has 0 amide bonds. The van der Waals surface area contributed by atoms with Crippen molar-refractivity contribution in [2.75, 3.05) is 6.54 Å². The van der Waals surface area contributed by atoms with E-state index in [2.05, 4.69) is 78.0 Å². The van der Waals surface area contributed by atoms with E-state index in [0.29, 0.717) is 5.92 Å². The first-order valence-corrected chi connectivity index (χ1v) is 11.5. The van der Waals surface area contributed by atoms with Gasteiger partial charge in [-0.25, -0.2) is 0 Å². The number of rotatable bonds is 12. The van der Waals surface area contributed by atoms with Crippen molar-refractivity contribution >= 4 is 5.78 Å². The molecule has 1 rings (SSSR count). The molecule has 0 heterocycles. The van der Waals surface area contributed by atoms with E-state index in [-0.39, 0.29) is 11.8 Å².